The molecule has 3 rings (SSSR count). The van der Waals surface area contributed by atoms with Gasteiger partial charge in [-0.2, -0.15) is 0 Å². The number of likely N-dealkylation sites (tertiary alicyclic amines) is 1. The lowest BCUT2D eigenvalue weighted by atomic mass is 9.95. The van der Waals surface area contributed by atoms with Crippen LogP contribution in [0.15, 0.2) is 54.6 Å². The fraction of sp³-hybridized carbons (Fsp3) is 0.350. The molecule has 8 heteroatoms. The predicted octanol–water partition coefficient (Wildman–Crippen LogP) is 2.83. The van der Waals surface area contributed by atoms with Gasteiger partial charge in [-0.1, -0.05) is 43.3 Å². The lowest BCUT2D eigenvalue weighted by Crippen LogP contribution is -2.32. The number of carbonyl (C=O) groups is 1. The van der Waals surface area contributed by atoms with Crippen molar-refractivity contribution in [1.82, 2.24) is 4.90 Å². The van der Waals surface area contributed by atoms with E-state index in [1.807, 2.05) is 30.3 Å². The van der Waals surface area contributed by atoms with E-state index >= 15 is 0 Å². The van der Waals surface area contributed by atoms with Gasteiger partial charge in [0.15, 0.2) is 0 Å². The first kappa shape index (κ1) is 22.2. The fourth-order valence-corrected chi connectivity index (χ4v) is 4.57. The number of amides is 1. The zero-order valence-electron chi connectivity index (χ0n) is 15.7. The van der Waals surface area contributed by atoms with Crippen molar-refractivity contribution >= 4 is 34.0 Å². The number of carbonyl (C=O) groups excluding carboxylic acids is 1. The molecule has 1 fully saturated rings. The van der Waals surface area contributed by atoms with Crippen molar-refractivity contribution < 1.29 is 13.2 Å². The Morgan fingerprint density at radius 1 is 1.14 bits per heavy atom. The summed E-state index contributed by atoms with van der Waals surface area (Å²) in [6.07, 6.45) is 0.528. The molecule has 0 unspecified atom stereocenters. The van der Waals surface area contributed by atoms with Gasteiger partial charge in [0.25, 0.3) is 5.91 Å². The molecule has 1 heterocycles. The third kappa shape index (κ3) is 5.25. The van der Waals surface area contributed by atoms with Crippen LogP contribution in [0.2, 0.25) is 0 Å². The van der Waals surface area contributed by atoms with Gasteiger partial charge in [0.05, 0.1) is 5.75 Å². The second-order valence-electron chi connectivity index (χ2n) is 6.89. The molecule has 0 bridgehead atoms. The van der Waals surface area contributed by atoms with Crippen molar-refractivity contribution in [2.24, 2.45) is 5.73 Å². The molecule has 1 aliphatic rings. The number of nitrogens with one attached hydrogen (secondary N) is 1. The monoisotopic (exact) mass is 423 g/mol. The Hall–Kier alpha value is -2.09. The molecule has 0 spiro atoms. The third-order valence-electron chi connectivity index (χ3n) is 4.74. The highest BCUT2D eigenvalue weighted by molar-refractivity contribution is 7.92. The Bertz CT molecular complexity index is 906. The van der Waals surface area contributed by atoms with Crippen molar-refractivity contribution in [1.29, 1.82) is 0 Å². The van der Waals surface area contributed by atoms with Crippen LogP contribution in [0.3, 0.4) is 0 Å². The van der Waals surface area contributed by atoms with Crippen molar-refractivity contribution in [3.05, 3.63) is 65.7 Å². The summed E-state index contributed by atoms with van der Waals surface area (Å²) in [6.45, 7) is 2.83. The number of anilines is 1. The molecule has 2 atom stereocenters. The molecule has 28 heavy (non-hydrogen) atoms. The number of nitrogens with zero attached hydrogens (tertiary/aromatic N) is 1. The SMILES string of the molecule is CCCS(=O)(=O)Nc1cccc(C(=O)N2C[C@@H](N)[C@H](c3ccccc3)C2)c1.Cl. The highest BCUT2D eigenvalue weighted by atomic mass is 35.5. The van der Waals surface area contributed by atoms with Crippen LogP contribution in [0.25, 0.3) is 0 Å². The standard InChI is InChI=1S/C20H25N3O3S.ClH/c1-2-11-27(25,26)22-17-10-6-9-16(12-17)20(24)23-13-18(19(21)14-23)15-7-4-3-5-8-15;/h3-10,12,18-19,22H,2,11,13-14,21H2,1H3;1H/t18-,19+;/m0./s1. The van der Waals surface area contributed by atoms with E-state index < -0.39 is 10.0 Å². The van der Waals surface area contributed by atoms with E-state index in [0.717, 1.165) is 5.56 Å². The van der Waals surface area contributed by atoms with Gasteiger partial charge >= 0.3 is 0 Å². The van der Waals surface area contributed by atoms with Crippen LogP contribution in [0.1, 0.15) is 35.2 Å². The first-order valence-electron chi connectivity index (χ1n) is 9.10. The van der Waals surface area contributed by atoms with Crippen LogP contribution < -0.4 is 10.5 Å². The number of halogens is 1. The molecule has 0 aliphatic carbocycles. The van der Waals surface area contributed by atoms with Crippen LogP contribution in [0.5, 0.6) is 0 Å². The number of sulfonamides is 1. The average molecular weight is 424 g/mol. The minimum absolute atomic E-state index is 0. The van der Waals surface area contributed by atoms with E-state index in [0.29, 0.717) is 30.8 Å². The quantitative estimate of drug-likeness (QED) is 0.747. The van der Waals surface area contributed by atoms with E-state index in [2.05, 4.69) is 4.72 Å². The Kier molecular flexibility index (Phi) is 7.46. The van der Waals surface area contributed by atoms with Gasteiger partial charge in [-0.15, -0.1) is 12.4 Å². The summed E-state index contributed by atoms with van der Waals surface area (Å²) in [5, 5.41) is 0. The highest BCUT2D eigenvalue weighted by Crippen LogP contribution is 2.27. The Labute approximate surface area is 172 Å². The highest BCUT2D eigenvalue weighted by Gasteiger charge is 2.34. The molecular formula is C20H26ClN3O3S. The average Bonchev–Trinajstić information content (AvgIpc) is 3.03. The first-order chi connectivity index (χ1) is 12.9. The van der Waals surface area contributed by atoms with E-state index in [4.69, 9.17) is 5.73 Å². The van der Waals surface area contributed by atoms with Gasteiger partial charge in [-0.3, -0.25) is 9.52 Å². The van der Waals surface area contributed by atoms with Crippen LogP contribution in [-0.4, -0.2) is 44.1 Å². The molecular weight excluding hydrogens is 398 g/mol. The molecule has 0 saturated carbocycles. The molecule has 3 N–H and O–H groups in total. The predicted molar refractivity (Wildman–Crippen MR) is 114 cm³/mol. The summed E-state index contributed by atoms with van der Waals surface area (Å²) in [5.41, 5.74) is 8.26. The van der Waals surface area contributed by atoms with Gasteiger partial charge in [0, 0.05) is 36.3 Å². The second kappa shape index (κ2) is 9.41. The lowest BCUT2D eigenvalue weighted by Gasteiger charge is -2.17. The maximum atomic E-state index is 12.9. The van der Waals surface area contributed by atoms with Gasteiger partial charge in [-0.05, 0) is 30.2 Å². The van der Waals surface area contributed by atoms with Gasteiger partial charge in [0.1, 0.15) is 0 Å². The fourth-order valence-electron chi connectivity index (χ4n) is 3.45. The zero-order valence-corrected chi connectivity index (χ0v) is 17.4. The van der Waals surface area contributed by atoms with Crippen molar-refractivity contribution in [2.75, 3.05) is 23.6 Å². The molecule has 1 saturated heterocycles. The topological polar surface area (TPSA) is 92.5 Å². The Morgan fingerprint density at radius 2 is 1.86 bits per heavy atom. The number of rotatable bonds is 6. The molecule has 152 valence electrons. The number of benzene rings is 2. The minimum atomic E-state index is -3.39. The number of hydrogen-bond acceptors (Lipinski definition) is 4. The van der Waals surface area contributed by atoms with Gasteiger partial charge in [0.2, 0.25) is 10.0 Å². The second-order valence-corrected chi connectivity index (χ2v) is 8.73. The molecule has 1 aliphatic heterocycles. The van der Waals surface area contributed by atoms with E-state index in [9.17, 15) is 13.2 Å². The summed E-state index contributed by atoms with van der Waals surface area (Å²) in [5.74, 6) is 0.00655. The summed E-state index contributed by atoms with van der Waals surface area (Å²) >= 11 is 0. The molecule has 0 radical (unpaired) electrons. The van der Waals surface area contributed by atoms with E-state index in [-0.39, 0.29) is 36.0 Å². The zero-order chi connectivity index (χ0) is 19.4. The maximum absolute atomic E-state index is 12.9. The molecule has 2 aromatic carbocycles. The van der Waals surface area contributed by atoms with Crippen molar-refractivity contribution in [3.63, 3.8) is 0 Å². The normalized spacial score (nSPS) is 19.1. The van der Waals surface area contributed by atoms with Gasteiger partial charge in [-0.25, -0.2) is 8.42 Å². The summed E-state index contributed by atoms with van der Waals surface area (Å²) < 4.78 is 26.4. The van der Waals surface area contributed by atoms with Crippen LogP contribution in [0, 0.1) is 0 Å². The third-order valence-corrected chi connectivity index (χ3v) is 6.23. The lowest BCUT2D eigenvalue weighted by molar-refractivity contribution is 0.0789. The number of hydrogen-bond donors (Lipinski definition) is 2. The molecule has 0 aromatic heterocycles. The largest absolute Gasteiger partial charge is 0.336 e. The van der Waals surface area contributed by atoms with Crippen molar-refractivity contribution in [3.8, 4) is 0 Å². The van der Waals surface area contributed by atoms with Crippen LogP contribution in [0.4, 0.5) is 5.69 Å². The van der Waals surface area contributed by atoms with Crippen LogP contribution >= 0.6 is 12.4 Å². The molecule has 1 amide bonds. The van der Waals surface area contributed by atoms with Crippen molar-refractivity contribution in [2.45, 2.75) is 25.3 Å². The molecule has 6 nitrogen and oxygen atoms in total. The van der Waals surface area contributed by atoms with Crippen LogP contribution in [-0.2, 0) is 10.0 Å². The maximum Gasteiger partial charge on any atom is 0.254 e. The Balaban J connectivity index is 0.00000280. The van der Waals surface area contributed by atoms with E-state index in [1.165, 1.54) is 0 Å². The smallest absolute Gasteiger partial charge is 0.254 e. The van der Waals surface area contributed by atoms with E-state index in [1.54, 1.807) is 36.1 Å². The summed E-state index contributed by atoms with van der Waals surface area (Å²) in [6, 6.07) is 16.4. The summed E-state index contributed by atoms with van der Waals surface area (Å²) in [7, 11) is -3.39. The Morgan fingerprint density at radius 3 is 2.54 bits per heavy atom. The van der Waals surface area contributed by atoms with Gasteiger partial charge < -0.3 is 10.6 Å². The summed E-state index contributed by atoms with van der Waals surface area (Å²) in [4.78, 5) is 14.6. The first-order valence-corrected chi connectivity index (χ1v) is 10.7. The number of nitrogens with two attached hydrogens (primary N) is 1. The molecule has 2 aromatic rings. The minimum Gasteiger partial charge on any atom is -0.336 e.